The van der Waals surface area contributed by atoms with Crippen LogP contribution in [0.25, 0.3) is 0 Å². The lowest BCUT2D eigenvalue weighted by molar-refractivity contribution is -0.169. The molecule has 0 heterocycles. The Morgan fingerprint density at radius 1 is 1.26 bits per heavy atom. The molecule has 0 bridgehead atoms. The normalized spacial score (nSPS) is 36.6. The molecule has 0 aromatic rings. The Morgan fingerprint density at radius 3 is 2.17 bits per heavy atom. The van der Waals surface area contributed by atoms with Crippen LogP contribution in [0.1, 0.15) is 67.7 Å². The van der Waals surface area contributed by atoms with E-state index >= 15 is 0 Å². The van der Waals surface area contributed by atoms with Crippen LogP contribution in [-0.4, -0.2) is 26.0 Å². The molecule has 4 heteroatoms. The number of hydrogen-bond acceptors (Lipinski definition) is 3. The minimum absolute atomic E-state index is 0.0775. The second-order valence-corrected chi connectivity index (χ2v) is 15.2. The molecule has 2 saturated carbocycles. The van der Waals surface area contributed by atoms with Gasteiger partial charge in [0.1, 0.15) is 11.6 Å². The molecule has 132 valence electrons. The third-order valence-corrected chi connectivity index (χ3v) is 11.3. The van der Waals surface area contributed by atoms with Crippen molar-refractivity contribution in [2.75, 3.05) is 0 Å². The van der Waals surface area contributed by atoms with Gasteiger partial charge >= 0.3 is 0 Å². The lowest BCUT2D eigenvalue weighted by atomic mass is 9.49. The average Bonchev–Trinajstić information content (AvgIpc) is 2.41. The van der Waals surface area contributed by atoms with Crippen LogP contribution in [0, 0.1) is 16.2 Å². The van der Waals surface area contributed by atoms with Gasteiger partial charge in [0.25, 0.3) is 0 Å². The SMILES string of the molecule is CC(=O)C[C@]12C(=O)C[C@@]1(C)CC(C)(C)[C@H]2O[Si](C)(C)C(C)(C)C. The quantitative estimate of drug-likeness (QED) is 0.695. The molecule has 0 aliphatic heterocycles. The first-order chi connectivity index (χ1) is 10.1. The predicted octanol–water partition coefficient (Wildman–Crippen LogP) is 4.75. The Morgan fingerprint density at radius 2 is 1.78 bits per heavy atom. The topological polar surface area (TPSA) is 43.4 Å². The van der Waals surface area contributed by atoms with Crippen LogP contribution in [-0.2, 0) is 14.0 Å². The molecule has 0 saturated heterocycles. The van der Waals surface area contributed by atoms with Crippen LogP contribution in [0.3, 0.4) is 0 Å². The average molecular weight is 339 g/mol. The molecule has 2 fully saturated rings. The summed E-state index contributed by atoms with van der Waals surface area (Å²) < 4.78 is 6.82. The predicted molar refractivity (Wildman–Crippen MR) is 95.9 cm³/mol. The highest BCUT2D eigenvalue weighted by Gasteiger charge is 2.75. The molecule has 3 nitrogen and oxygen atoms in total. The maximum Gasteiger partial charge on any atom is 0.192 e. The highest BCUT2D eigenvalue weighted by Crippen LogP contribution is 2.72. The van der Waals surface area contributed by atoms with Crippen molar-refractivity contribution in [3.05, 3.63) is 0 Å². The van der Waals surface area contributed by atoms with Gasteiger partial charge < -0.3 is 4.43 Å². The molecule has 2 aliphatic rings. The van der Waals surface area contributed by atoms with Gasteiger partial charge in [-0.05, 0) is 42.3 Å². The molecule has 23 heavy (non-hydrogen) atoms. The van der Waals surface area contributed by atoms with Crippen molar-refractivity contribution in [1.29, 1.82) is 0 Å². The maximum absolute atomic E-state index is 12.8. The standard InChI is InChI=1S/C19H34O3Si/c1-13(20)10-19-14(21)11-18(19,7)12-17(5,6)15(19)22-23(8,9)16(2,3)4/h15H,10-12H2,1-9H3/t15-,18+,19-/m1/s1. The van der Waals surface area contributed by atoms with E-state index in [0.717, 1.165) is 6.42 Å². The summed E-state index contributed by atoms with van der Waals surface area (Å²) >= 11 is 0. The number of carbonyl (C=O) groups excluding carboxylic acids is 2. The fraction of sp³-hybridized carbons (Fsp3) is 0.895. The monoisotopic (exact) mass is 338 g/mol. The van der Waals surface area contributed by atoms with Crippen LogP contribution in [0.5, 0.6) is 0 Å². The van der Waals surface area contributed by atoms with E-state index in [1.807, 2.05) is 0 Å². The van der Waals surface area contributed by atoms with E-state index in [0.29, 0.717) is 12.8 Å². The van der Waals surface area contributed by atoms with Crippen molar-refractivity contribution in [2.45, 2.75) is 92.0 Å². The highest BCUT2D eigenvalue weighted by atomic mass is 28.4. The van der Waals surface area contributed by atoms with E-state index < -0.39 is 13.7 Å². The van der Waals surface area contributed by atoms with Crippen LogP contribution in [0.15, 0.2) is 0 Å². The first-order valence-corrected chi connectivity index (χ1v) is 11.7. The molecular weight excluding hydrogens is 304 g/mol. The summed E-state index contributed by atoms with van der Waals surface area (Å²) in [7, 11) is -2.02. The van der Waals surface area contributed by atoms with Crippen LogP contribution >= 0.6 is 0 Å². The molecule has 2 aliphatic carbocycles. The minimum Gasteiger partial charge on any atom is -0.412 e. The number of rotatable bonds is 4. The van der Waals surface area contributed by atoms with E-state index in [4.69, 9.17) is 4.43 Å². The van der Waals surface area contributed by atoms with Gasteiger partial charge in [-0.1, -0.05) is 41.5 Å². The Hall–Kier alpha value is -0.483. The lowest BCUT2D eigenvalue weighted by Gasteiger charge is -2.56. The summed E-state index contributed by atoms with van der Waals surface area (Å²) in [5.41, 5.74) is -0.768. The van der Waals surface area contributed by atoms with Gasteiger partial charge in [0.15, 0.2) is 8.32 Å². The summed E-state index contributed by atoms with van der Waals surface area (Å²) in [4.78, 5) is 24.8. The molecule has 2 rings (SSSR count). The second-order valence-electron chi connectivity index (χ2n) is 10.4. The molecular formula is C19H34O3Si. The van der Waals surface area contributed by atoms with Crippen molar-refractivity contribution in [3.63, 3.8) is 0 Å². The summed E-state index contributed by atoms with van der Waals surface area (Å²) in [5, 5.41) is 0.0896. The van der Waals surface area contributed by atoms with Gasteiger partial charge in [0, 0.05) is 12.8 Å². The number of ketones is 2. The largest absolute Gasteiger partial charge is 0.412 e. The Balaban J connectivity index is 2.49. The minimum atomic E-state index is -2.02. The van der Waals surface area contributed by atoms with E-state index in [-0.39, 0.29) is 33.5 Å². The molecule has 0 radical (unpaired) electrons. The first kappa shape index (κ1) is 18.8. The van der Waals surface area contributed by atoms with Gasteiger partial charge in [0.05, 0.1) is 11.5 Å². The van der Waals surface area contributed by atoms with E-state index in [1.165, 1.54) is 0 Å². The van der Waals surface area contributed by atoms with E-state index in [9.17, 15) is 9.59 Å². The zero-order valence-electron chi connectivity index (χ0n) is 16.4. The first-order valence-electron chi connectivity index (χ1n) is 8.80. The molecule has 0 amide bonds. The Labute approximate surface area is 142 Å². The molecule has 0 aromatic carbocycles. The second kappa shape index (κ2) is 5.01. The number of fused-ring (bicyclic) bond motifs is 1. The van der Waals surface area contributed by atoms with Crippen LogP contribution in [0.4, 0.5) is 0 Å². The molecule has 0 spiro atoms. The number of Topliss-reactive ketones (excluding diaryl/α,β-unsaturated/α-hetero) is 2. The third-order valence-electron chi connectivity index (χ3n) is 6.87. The van der Waals surface area contributed by atoms with Gasteiger partial charge in [0.2, 0.25) is 0 Å². The molecule has 0 aromatic heterocycles. The van der Waals surface area contributed by atoms with E-state index in [2.05, 4.69) is 54.6 Å². The highest BCUT2D eigenvalue weighted by molar-refractivity contribution is 6.74. The van der Waals surface area contributed by atoms with Crippen LogP contribution < -0.4 is 0 Å². The number of hydrogen-bond donors (Lipinski definition) is 0. The summed E-state index contributed by atoms with van der Waals surface area (Å²) in [6.07, 6.45) is 1.75. The zero-order chi connectivity index (χ0) is 18.1. The van der Waals surface area contributed by atoms with Crippen molar-refractivity contribution in [2.24, 2.45) is 16.2 Å². The Kier molecular flexibility index (Phi) is 4.11. The third kappa shape index (κ3) is 2.57. The van der Waals surface area contributed by atoms with Gasteiger partial charge in [-0.15, -0.1) is 0 Å². The van der Waals surface area contributed by atoms with Crippen LogP contribution in [0.2, 0.25) is 18.1 Å². The van der Waals surface area contributed by atoms with Gasteiger partial charge in [-0.2, -0.15) is 0 Å². The zero-order valence-corrected chi connectivity index (χ0v) is 17.4. The van der Waals surface area contributed by atoms with Crippen molar-refractivity contribution in [3.8, 4) is 0 Å². The van der Waals surface area contributed by atoms with Gasteiger partial charge in [-0.3, -0.25) is 9.59 Å². The fourth-order valence-electron chi connectivity index (χ4n) is 4.88. The summed E-state index contributed by atoms with van der Waals surface area (Å²) in [5.74, 6) is 0.343. The maximum atomic E-state index is 12.8. The summed E-state index contributed by atoms with van der Waals surface area (Å²) in [6.45, 7) is 19.4. The van der Waals surface area contributed by atoms with Crippen molar-refractivity contribution in [1.82, 2.24) is 0 Å². The van der Waals surface area contributed by atoms with Crippen molar-refractivity contribution < 1.29 is 14.0 Å². The van der Waals surface area contributed by atoms with Crippen molar-refractivity contribution >= 4 is 19.9 Å². The summed E-state index contributed by atoms with van der Waals surface area (Å²) in [6, 6.07) is 0. The lowest BCUT2D eigenvalue weighted by Crippen LogP contribution is -2.63. The fourth-order valence-corrected chi connectivity index (χ4v) is 6.34. The molecule has 0 unspecified atom stereocenters. The number of carbonyl (C=O) groups is 2. The van der Waals surface area contributed by atoms with Gasteiger partial charge in [-0.25, -0.2) is 0 Å². The smallest absolute Gasteiger partial charge is 0.192 e. The van der Waals surface area contributed by atoms with E-state index in [1.54, 1.807) is 6.92 Å². The molecule has 0 N–H and O–H groups in total. The molecule has 3 atom stereocenters. The Bertz CT molecular complexity index is 543.